The van der Waals surface area contributed by atoms with Crippen LogP contribution in [0.1, 0.15) is 38.7 Å². The lowest BCUT2D eigenvalue weighted by Gasteiger charge is -2.07. The van der Waals surface area contributed by atoms with Crippen molar-refractivity contribution < 1.29 is 14.3 Å². The van der Waals surface area contributed by atoms with Gasteiger partial charge in [-0.1, -0.05) is 18.2 Å². The van der Waals surface area contributed by atoms with Gasteiger partial charge in [-0.3, -0.25) is 14.2 Å². The SMILES string of the molecule is Cc1[nH]c2ccccc2c1C(=O)COC(=O)c1ccc2c(=O)n3c(nc2c1)CCC3. The first-order chi connectivity index (χ1) is 14.5. The van der Waals surface area contributed by atoms with Crippen LogP contribution in [0.5, 0.6) is 0 Å². The fourth-order valence-electron chi connectivity index (χ4n) is 4.13. The van der Waals surface area contributed by atoms with Gasteiger partial charge in [0.1, 0.15) is 5.82 Å². The minimum absolute atomic E-state index is 0.0857. The van der Waals surface area contributed by atoms with Crippen LogP contribution >= 0.6 is 0 Å². The highest BCUT2D eigenvalue weighted by molar-refractivity contribution is 6.10. The number of aryl methyl sites for hydroxylation is 2. The molecule has 5 rings (SSSR count). The van der Waals surface area contributed by atoms with Crippen molar-refractivity contribution in [3.05, 3.63) is 75.5 Å². The highest BCUT2D eigenvalue weighted by atomic mass is 16.5. The Kier molecular flexibility index (Phi) is 4.24. The van der Waals surface area contributed by atoms with E-state index >= 15 is 0 Å². The molecule has 0 saturated carbocycles. The summed E-state index contributed by atoms with van der Waals surface area (Å²) >= 11 is 0. The van der Waals surface area contributed by atoms with Gasteiger partial charge in [0.25, 0.3) is 5.56 Å². The molecule has 0 aliphatic carbocycles. The van der Waals surface area contributed by atoms with Gasteiger partial charge in [-0.25, -0.2) is 9.78 Å². The normalized spacial score (nSPS) is 13.0. The molecule has 0 unspecified atom stereocenters. The van der Waals surface area contributed by atoms with E-state index in [1.807, 2.05) is 31.2 Å². The van der Waals surface area contributed by atoms with Crippen molar-refractivity contribution in [2.24, 2.45) is 0 Å². The summed E-state index contributed by atoms with van der Waals surface area (Å²) in [5.41, 5.74) is 2.78. The molecule has 3 heterocycles. The summed E-state index contributed by atoms with van der Waals surface area (Å²) in [7, 11) is 0. The molecule has 1 aliphatic heterocycles. The van der Waals surface area contributed by atoms with Gasteiger partial charge in [0.2, 0.25) is 5.78 Å². The molecular weight excluding hydrogens is 382 g/mol. The number of carbonyl (C=O) groups excluding carboxylic acids is 2. The first-order valence-electron chi connectivity index (χ1n) is 9.84. The first kappa shape index (κ1) is 18.3. The molecule has 0 spiro atoms. The van der Waals surface area contributed by atoms with Crippen molar-refractivity contribution in [1.82, 2.24) is 14.5 Å². The Morgan fingerprint density at radius 2 is 2.00 bits per heavy atom. The van der Waals surface area contributed by atoms with E-state index in [1.54, 1.807) is 16.7 Å². The van der Waals surface area contributed by atoms with Crippen LogP contribution in [0.15, 0.2) is 47.3 Å². The van der Waals surface area contributed by atoms with E-state index in [-0.39, 0.29) is 23.5 Å². The first-order valence-corrected chi connectivity index (χ1v) is 9.84. The molecule has 150 valence electrons. The molecule has 0 fully saturated rings. The van der Waals surface area contributed by atoms with Gasteiger partial charge < -0.3 is 9.72 Å². The number of ether oxygens (including phenoxy) is 1. The van der Waals surface area contributed by atoms with Crippen LogP contribution in [0.4, 0.5) is 0 Å². The van der Waals surface area contributed by atoms with Crippen molar-refractivity contribution >= 4 is 33.6 Å². The lowest BCUT2D eigenvalue weighted by Crippen LogP contribution is -2.21. The quantitative estimate of drug-likeness (QED) is 0.419. The van der Waals surface area contributed by atoms with E-state index in [0.29, 0.717) is 23.0 Å². The van der Waals surface area contributed by atoms with E-state index < -0.39 is 5.97 Å². The molecule has 4 aromatic rings. The number of carbonyl (C=O) groups is 2. The molecule has 0 amide bonds. The van der Waals surface area contributed by atoms with Gasteiger partial charge in [0.05, 0.1) is 16.5 Å². The van der Waals surface area contributed by atoms with E-state index in [0.717, 1.165) is 35.3 Å². The summed E-state index contributed by atoms with van der Waals surface area (Å²) < 4.78 is 6.96. The molecule has 2 aromatic heterocycles. The number of rotatable bonds is 4. The summed E-state index contributed by atoms with van der Waals surface area (Å²) in [5.74, 6) is -0.151. The summed E-state index contributed by atoms with van der Waals surface area (Å²) in [6.07, 6.45) is 1.64. The number of fused-ring (bicyclic) bond motifs is 3. The number of esters is 1. The number of benzene rings is 2. The van der Waals surface area contributed by atoms with Crippen molar-refractivity contribution in [3.63, 3.8) is 0 Å². The highest BCUT2D eigenvalue weighted by Gasteiger charge is 2.20. The Bertz CT molecular complexity index is 1400. The molecule has 0 saturated heterocycles. The number of Topliss-reactive ketones (excluding diaryl/α,β-unsaturated/α-hetero) is 1. The molecule has 30 heavy (non-hydrogen) atoms. The zero-order valence-corrected chi connectivity index (χ0v) is 16.4. The maximum atomic E-state index is 12.7. The maximum absolute atomic E-state index is 12.7. The van der Waals surface area contributed by atoms with Gasteiger partial charge in [-0.15, -0.1) is 0 Å². The predicted molar refractivity (Wildman–Crippen MR) is 112 cm³/mol. The van der Waals surface area contributed by atoms with Gasteiger partial charge in [0, 0.05) is 35.1 Å². The molecule has 0 bridgehead atoms. The van der Waals surface area contributed by atoms with E-state index in [4.69, 9.17) is 4.74 Å². The topological polar surface area (TPSA) is 94.0 Å². The molecule has 2 aromatic carbocycles. The third-order valence-corrected chi connectivity index (χ3v) is 5.56. The van der Waals surface area contributed by atoms with Crippen molar-refractivity contribution in [2.75, 3.05) is 6.61 Å². The lowest BCUT2D eigenvalue weighted by molar-refractivity contribution is 0.0475. The molecule has 7 heteroatoms. The average Bonchev–Trinajstić information content (AvgIpc) is 3.35. The standard InChI is InChI=1S/C23H19N3O4/c1-13-21(15-5-2-3-6-17(15)24-13)19(27)12-30-23(29)14-8-9-16-18(11-14)25-20-7-4-10-26(20)22(16)28/h2-3,5-6,8-9,11,24H,4,7,10,12H2,1H3. The maximum Gasteiger partial charge on any atom is 0.338 e. The van der Waals surface area contributed by atoms with Crippen LogP contribution in [0.3, 0.4) is 0 Å². The van der Waals surface area contributed by atoms with Crippen LogP contribution in [0.2, 0.25) is 0 Å². The fraction of sp³-hybridized carbons (Fsp3) is 0.217. The molecule has 0 radical (unpaired) electrons. The van der Waals surface area contributed by atoms with Crippen LogP contribution in [0, 0.1) is 6.92 Å². The zero-order chi connectivity index (χ0) is 20.8. The summed E-state index contributed by atoms with van der Waals surface area (Å²) in [5, 5.41) is 1.28. The van der Waals surface area contributed by atoms with E-state index in [9.17, 15) is 14.4 Å². The number of nitrogens with zero attached hydrogens (tertiary/aromatic N) is 2. The van der Waals surface area contributed by atoms with Crippen LogP contribution in [-0.2, 0) is 17.7 Å². The minimum Gasteiger partial charge on any atom is -0.454 e. The van der Waals surface area contributed by atoms with Gasteiger partial charge in [-0.05, 0) is 37.6 Å². The molecule has 7 nitrogen and oxygen atoms in total. The molecular formula is C23H19N3O4. The van der Waals surface area contributed by atoms with Gasteiger partial charge >= 0.3 is 5.97 Å². The third kappa shape index (κ3) is 2.90. The minimum atomic E-state index is -0.620. The largest absolute Gasteiger partial charge is 0.454 e. The Hall–Kier alpha value is -3.74. The number of nitrogens with one attached hydrogen (secondary N) is 1. The molecule has 1 N–H and O–H groups in total. The lowest BCUT2D eigenvalue weighted by atomic mass is 10.1. The molecule has 0 atom stereocenters. The summed E-state index contributed by atoms with van der Waals surface area (Å²) in [6, 6.07) is 12.2. The fourth-order valence-corrected chi connectivity index (χ4v) is 4.13. The number of hydrogen-bond acceptors (Lipinski definition) is 5. The number of aromatic amines is 1. The van der Waals surface area contributed by atoms with Crippen molar-refractivity contribution in [2.45, 2.75) is 26.3 Å². The number of aromatic nitrogens is 3. The van der Waals surface area contributed by atoms with Gasteiger partial charge in [-0.2, -0.15) is 0 Å². The predicted octanol–water partition coefficient (Wildman–Crippen LogP) is 3.17. The third-order valence-electron chi connectivity index (χ3n) is 5.56. The van der Waals surface area contributed by atoms with Gasteiger partial charge in [0.15, 0.2) is 6.61 Å². The Balaban J connectivity index is 1.38. The summed E-state index contributed by atoms with van der Waals surface area (Å²) in [4.78, 5) is 45.5. The second kappa shape index (κ2) is 6.95. The van der Waals surface area contributed by atoms with E-state index in [1.165, 1.54) is 6.07 Å². The highest BCUT2D eigenvalue weighted by Crippen LogP contribution is 2.22. The zero-order valence-electron chi connectivity index (χ0n) is 16.4. The summed E-state index contributed by atoms with van der Waals surface area (Å²) in [6.45, 7) is 2.14. The second-order valence-corrected chi connectivity index (χ2v) is 7.49. The number of hydrogen-bond donors (Lipinski definition) is 1. The number of ketones is 1. The van der Waals surface area contributed by atoms with Crippen LogP contribution < -0.4 is 5.56 Å². The Morgan fingerprint density at radius 3 is 2.87 bits per heavy atom. The average molecular weight is 401 g/mol. The van der Waals surface area contributed by atoms with Crippen molar-refractivity contribution in [1.29, 1.82) is 0 Å². The number of H-pyrrole nitrogens is 1. The Labute approximate surface area is 171 Å². The van der Waals surface area contributed by atoms with E-state index in [2.05, 4.69) is 9.97 Å². The number of para-hydroxylation sites is 1. The smallest absolute Gasteiger partial charge is 0.338 e. The molecule has 1 aliphatic rings. The Morgan fingerprint density at radius 1 is 1.17 bits per heavy atom. The monoisotopic (exact) mass is 401 g/mol. The van der Waals surface area contributed by atoms with Crippen LogP contribution in [0.25, 0.3) is 21.8 Å². The second-order valence-electron chi connectivity index (χ2n) is 7.49. The van der Waals surface area contributed by atoms with Crippen molar-refractivity contribution in [3.8, 4) is 0 Å². The van der Waals surface area contributed by atoms with Crippen LogP contribution in [-0.4, -0.2) is 32.9 Å².